The van der Waals surface area contributed by atoms with Crippen LogP contribution in [0, 0.1) is 0 Å². The van der Waals surface area contributed by atoms with Crippen LogP contribution in [0.15, 0.2) is 36.4 Å². The quantitative estimate of drug-likeness (QED) is 0.932. The van der Waals surface area contributed by atoms with Gasteiger partial charge in [0.1, 0.15) is 0 Å². The maximum absolute atomic E-state index is 5.92. The number of halogens is 1. The van der Waals surface area contributed by atoms with Gasteiger partial charge in [-0.25, -0.2) is 0 Å². The zero-order valence-corrected chi connectivity index (χ0v) is 12.3. The SMILES string of the molecule is Clc1ccc(-c2ccc(CN3CCNCC3)s2)cc1. The Bertz CT molecular complexity index is 529. The van der Waals surface area contributed by atoms with Crippen molar-refractivity contribution in [2.45, 2.75) is 6.54 Å². The van der Waals surface area contributed by atoms with Gasteiger partial charge in [-0.15, -0.1) is 11.3 Å². The van der Waals surface area contributed by atoms with Gasteiger partial charge in [-0.05, 0) is 29.8 Å². The Kier molecular flexibility index (Phi) is 4.18. The molecule has 0 bridgehead atoms. The van der Waals surface area contributed by atoms with Crippen molar-refractivity contribution < 1.29 is 0 Å². The van der Waals surface area contributed by atoms with Crippen LogP contribution >= 0.6 is 22.9 Å². The molecule has 0 spiro atoms. The van der Waals surface area contributed by atoms with Gasteiger partial charge in [0.25, 0.3) is 0 Å². The number of piperazine rings is 1. The summed E-state index contributed by atoms with van der Waals surface area (Å²) >= 11 is 7.80. The molecule has 1 N–H and O–H groups in total. The molecule has 3 rings (SSSR count). The number of benzene rings is 1. The molecular formula is C15H17ClN2S. The van der Waals surface area contributed by atoms with Crippen molar-refractivity contribution in [1.29, 1.82) is 0 Å². The van der Waals surface area contributed by atoms with Crippen LogP contribution in [-0.2, 0) is 6.54 Å². The zero-order valence-electron chi connectivity index (χ0n) is 10.7. The van der Waals surface area contributed by atoms with Crippen LogP contribution < -0.4 is 5.32 Å². The Balaban J connectivity index is 1.70. The van der Waals surface area contributed by atoms with E-state index in [0.717, 1.165) is 37.7 Å². The van der Waals surface area contributed by atoms with Gasteiger partial charge in [0.15, 0.2) is 0 Å². The van der Waals surface area contributed by atoms with E-state index in [1.807, 2.05) is 23.5 Å². The molecule has 1 aromatic heterocycles. The van der Waals surface area contributed by atoms with Crippen LogP contribution in [0.25, 0.3) is 10.4 Å². The summed E-state index contributed by atoms with van der Waals surface area (Å²) in [5.41, 5.74) is 1.25. The predicted molar refractivity (Wildman–Crippen MR) is 82.9 cm³/mol. The summed E-state index contributed by atoms with van der Waals surface area (Å²) in [6.07, 6.45) is 0. The van der Waals surface area contributed by atoms with Crippen LogP contribution in [0.3, 0.4) is 0 Å². The molecule has 2 nitrogen and oxygen atoms in total. The van der Waals surface area contributed by atoms with Gasteiger partial charge in [0.2, 0.25) is 0 Å². The Morgan fingerprint density at radius 2 is 1.79 bits per heavy atom. The van der Waals surface area contributed by atoms with Gasteiger partial charge < -0.3 is 5.32 Å². The molecule has 1 aliphatic heterocycles. The fourth-order valence-corrected chi connectivity index (χ4v) is 3.50. The Labute approximate surface area is 123 Å². The van der Waals surface area contributed by atoms with Crippen LogP contribution in [0.5, 0.6) is 0 Å². The van der Waals surface area contributed by atoms with Crippen LogP contribution in [0.1, 0.15) is 4.88 Å². The number of hydrogen-bond acceptors (Lipinski definition) is 3. The molecule has 19 heavy (non-hydrogen) atoms. The van der Waals surface area contributed by atoms with Crippen LogP contribution in [-0.4, -0.2) is 31.1 Å². The third-order valence-corrected chi connectivity index (χ3v) is 4.75. The highest BCUT2D eigenvalue weighted by Crippen LogP contribution is 2.29. The number of nitrogens with one attached hydrogen (secondary N) is 1. The standard InChI is InChI=1S/C15H17ClN2S/c16-13-3-1-12(2-4-13)15-6-5-14(19-15)11-18-9-7-17-8-10-18/h1-6,17H,7-11H2. The molecule has 2 heterocycles. The second-order valence-corrected chi connectivity index (χ2v) is 6.40. The first kappa shape index (κ1) is 13.1. The highest BCUT2D eigenvalue weighted by atomic mass is 35.5. The van der Waals surface area contributed by atoms with Gasteiger partial charge in [0, 0.05) is 47.5 Å². The third-order valence-electron chi connectivity index (χ3n) is 3.38. The second kappa shape index (κ2) is 6.06. The average molecular weight is 293 g/mol. The minimum atomic E-state index is 0.793. The summed E-state index contributed by atoms with van der Waals surface area (Å²) < 4.78 is 0. The van der Waals surface area contributed by atoms with Gasteiger partial charge in [-0.1, -0.05) is 23.7 Å². The summed E-state index contributed by atoms with van der Waals surface area (Å²) in [6.45, 7) is 5.58. The summed E-state index contributed by atoms with van der Waals surface area (Å²) in [5.74, 6) is 0. The van der Waals surface area contributed by atoms with E-state index in [1.54, 1.807) is 0 Å². The molecule has 0 amide bonds. The van der Waals surface area contributed by atoms with E-state index in [2.05, 4.69) is 34.5 Å². The number of nitrogens with zero attached hydrogens (tertiary/aromatic N) is 1. The number of hydrogen-bond donors (Lipinski definition) is 1. The average Bonchev–Trinajstić information content (AvgIpc) is 2.89. The van der Waals surface area contributed by atoms with Crippen molar-refractivity contribution in [3.63, 3.8) is 0 Å². The molecule has 0 saturated carbocycles. The van der Waals surface area contributed by atoms with Crippen molar-refractivity contribution in [3.05, 3.63) is 46.3 Å². The fraction of sp³-hybridized carbons (Fsp3) is 0.333. The van der Waals surface area contributed by atoms with Crippen molar-refractivity contribution in [2.75, 3.05) is 26.2 Å². The first-order chi connectivity index (χ1) is 9.31. The smallest absolute Gasteiger partial charge is 0.0406 e. The van der Waals surface area contributed by atoms with Crippen molar-refractivity contribution >= 4 is 22.9 Å². The summed E-state index contributed by atoms with van der Waals surface area (Å²) in [6, 6.07) is 12.5. The highest BCUT2D eigenvalue weighted by molar-refractivity contribution is 7.15. The summed E-state index contributed by atoms with van der Waals surface area (Å²) in [7, 11) is 0. The van der Waals surface area contributed by atoms with Crippen LogP contribution in [0.2, 0.25) is 5.02 Å². The normalized spacial score (nSPS) is 16.7. The van der Waals surface area contributed by atoms with Crippen molar-refractivity contribution in [2.24, 2.45) is 0 Å². The largest absolute Gasteiger partial charge is 0.314 e. The topological polar surface area (TPSA) is 15.3 Å². The van der Waals surface area contributed by atoms with Crippen molar-refractivity contribution in [3.8, 4) is 10.4 Å². The highest BCUT2D eigenvalue weighted by Gasteiger charge is 2.11. The number of thiophene rings is 1. The van der Waals surface area contributed by atoms with Gasteiger partial charge >= 0.3 is 0 Å². The zero-order chi connectivity index (χ0) is 13.1. The molecule has 0 unspecified atom stereocenters. The monoisotopic (exact) mass is 292 g/mol. The van der Waals surface area contributed by atoms with Gasteiger partial charge in [0.05, 0.1) is 0 Å². The van der Waals surface area contributed by atoms with E-state index >= 15 is 0 Å². The summed E-state index contributed by atoms with van der Waals surface area (Å²) in [4.78, 5) is 5.27. The lowest BCUT2D eigenvalue weighted by molar-refractivity contribution is 0.235. The van der Waals surface area contributed by atoms with E-state index in [4.69, 9.17) is 11.6 Å². The van der Waals surface area contributed by atoms with Crippen molar-refractivity contribution in [1.82, 2.24) is 10.2 Å². The van der Waals surface area contributed by atoms with Crippen LogP contribution in [0.4, 0.5) is 0 Å². The molecule has 1 aromatic carbocycles. The minimum absolute atomic E-state index is 0.793. The number of rotatable bonds is 3. The molecule has 2 aromatic rings. The molecule has 0 aliphatic carbocycles. The van der Waals surface area contributed by atoms with Gasteiger partial charge in [-0.3, -0.25) is 4.90 Å². The molecule has 1 aliphatic rings. The first-order valence-corrected chi connectivity index (χ1v) is 7.78. The molecule has 0 atom stereocenters. The molecule has 1 fully saturated rings. The predicted octanol–water partition coefficient (Wildman–Crippen LogP) is 3.47. The fourth-order valence-electron chi connectivity index (χ4n) is 2.32. The lowest BCUT2D eigenvalue weighted by atomic mass is 10.2. The first-order valence-electron chi connectivity index (χ1n) is 6.59. The van der Waals surface area contributed by atoms with E-state index in [1.165, 1.54) is 15.3 Å². The molecule has 4 heteroatoms. The Hall–Kier alpha value is -0.870. The van der Waals surface area contributed by atoms with E-state index in [9.17, 15) is 0 Å². The summed E-state index contributed by atoms with van der Waals surface area (Å²) in [5, 5.41) is 4.18. The lowest BCUT2D eigenvalue weighted by Gasteiger charge is -2.26. The molecule has 100 valence electrons. The molecule has 0 radical (unpaired) electrons. The third kappa shape index (κ3) is 3.37. The second-order valence-electron chi connectivity index (χ2n) is 4.80. The Morgan fingerprint density at radius 3 is 2.53 bits per heavy atom. The molecular weight excluding hydrogens is 276 g/mol. The maximum atomic E-state index is 5.92. The van der Waals surface area contributed by atoms with E-state index < -0.39 is 0 Å². The lowest BCUT2D eigenvalue weighted by Crippen LogP contribution is -2.42. The Morgan fingerprint density at radius 1 is 1.05 bits per heavy atom. The molecule has 1 saturated heterocycles. The van der Waals surface area contributed by atoms with E-state index in [0.29, 0.717) is 0 Å². The van der Waals surface area contributed by atoms with E-state index in [-0.39, 0.29) is 0 Å². The van der Waals surface area contributed by atoms with Gasteiger partial charge in [-0.2, -0.15) is 0 Å². The maximum Gasteiger partial charge on any atom is 0.0406 e. The minimum Gasteiger partial charge on any atom is -0.314 e.